The largest absolute Gasteiger partial charge is 0.444 e. The third-order valence-corrected chi connectivity index (χ3v) is 3.85. The Morgan fingerprint density at radius 2 is 2.06 bits per heavy atom. The maximum absolute atomic E-state index is 11.4. The van der Waals surface area contributed by atoms with E-state index >= 15 is 0 Å². The molecule has 0 atom stereocenters. The van der Waals surface area contributed by atoms with Gasteiger partial charge >= 0.3 is 6.09 Å². The molecule has 18 heavy (non-hydrogen) atoms. The van der Waals surface area contributed by atoms with E-state index in [2.05, 4.69) is 33.0 Å². The van der Waals surface area contributed by atoms with Crippen molar-refractivity contribution in [2.75, 3.05) is 6.54 Å². The van der Waals surface area contributed by atoms with Gasteiger partial charge in [-0.2, -0.15) is 5.10 Å². The number of amides is 1. The number of carbonyl (C=O) groups is 1. The molecule has 1 heterocycles. The number of nitrogens with one attached hydrogen (secondary N) is 1. The van der Waals surface area contributed by atoms with Crippen molar-refractivity contribution in [3.8, 4) is 0 Å². The number of hydrogen-bond donors (Lipinski definition) is 1. The van der Waals surface area contributed by atoms with E-state index in [0.29, 0.717) is 13.1 Å². The van der Waals surface area contributed by atoms with Crippen molar-refractivity contribution >= 4 is 28.7 Å². The van der Waals surface area contributed by atoms with Crippen LogP contribution in [0.1, 0.15) is 32.2 Å². The second-order valence-corrected chi connectivity index (χ2v) is 6.22. The summed E-state index contributed by atoms with van der Waals surface area (Å²) in [5, 5.41) is 7.12. The average molecular weight is 365 g/mol. The molecule has 0 bridgehead atoms. The van der Waals surface area contributed by atoms with Crippen molar-refractivity contribution < 1.29 is 9.53 Å². The monoisotopic (exact) mass is 365 g/mol. The van der Waals surface area contributed by atoms with Crippen LogP contribution in [0.3, 0.4) is 0 Å². The van der Waals surface area contributed by atoms with Crippen LogP contribution in [0, 0.1) is 17.4 Å². The topological polar surface area (TPSA) is 56.2 Å². The number of rotatable bonds is 3. The van der Waals surface area contributed by atoms with E-state index in [1.165, 1.54) is 3.57 Å². The van der Waals surface area contributed by atoms with E-state index in [-0.39, 0.29) is 0 Å². The lowest BCUT2D eigenvalue weighted by atomic mass is 10.2. The zero-order chi connectivity index (χ0) is 13.9. The molecule has 0 radical (unpaired) electrons. The highest BCUT2D eigenvalue weighted by molar-refractivity contribution is 14.1. The molecular weight excluding hydrogens is 345 g/mol. The van der Waals surface area contributed by atoms with Gasteiger partial charge in [-0.3, -0.25) is 4.68 Å². The molecule has 0 aliphatic carbocycles. The SMILES string of the molecule is Cc1nn(CCNC(=O)OC(C)(C)C)c(C)c1I. The van der Waals surface area contributed by atoms with Crippen molar-refractivity contribution in [3.05, 3.63) is 15.0 Å². The Morgan fingerprint density at radius 1 is 1.44 bits per heavy atom. The number of ether oxygens (including phenoxy) is 1. The summed E-state index contributed by atoms with van der Waals surface area (Å²) < 4.78 is 8.22. The summed E-state index contributed by atoms with van der Waals surface area (Å²) >= 11 is 2.28. The maximum Gasteiger partial charge on any atom is 0.407 e. The molecule has 6 heteroatoms. The summed E-state index contributed by atoms with van der Waals surface area (Å²) in [6.07, 6.45) is -0.390. The molecule has 1 N–H and O–H groups in total. The van der Waals surface area contributed by atoms with E-state index in [1.54, 1.807) is 0 Å². The normalized spacial score (nSPS) is 11.4. The number of halogens is 1. The predicted octanol–water partition coefficient (Wildman–Crippen LogP) is 2.63. The lowest BCUT2D eigenvalue weighted by Crippen LogP contribution is -2.34. The Bertz CT molecular complexity index is 435. The number of alkyl carbamates (subject to hydrolysis) is 1. The Morgan fingerprint density at radius 3 is 2.50 bits per heavy atom. The van der Waals surface area contributed by atoms with Gasteiger partial charge in [-0.15, -0.1) is 0 Å². The second-order valence-electron chi connectivity index (χ2n) is 5.14. The minimum Gasteiger partial charge on any atom is -0.444 e. The molecule has 1 aromatic heterocycles. The van der Waals surface area contributed by atoms with Gasteiger partial charge in [0.2, 0.25) is 0 Å². The van der Waals surface area contributed by atoms with Gasteiger partial charge in [0.05, 0.1) is 15.8 Å². The fourth-order valence-corrected chi connectivity index (χ4v) is 1.86. The van der Waals surface area contributed by atoms with Gasteiger partial charge in [0.15, 0.2) is 0 Å². The van der Waals surface area contributed by atoms with E-state index in [1.807, 2.05) is 39.3 Å². The predicted molar refractivity (Wildman–Crippen MR) is 78.7 cm³/mol. The molecule has 0 saturated heterocycles. The van der Waals surface area contributed by atoms with Gasteiger partial charge in [0.25, 0.3) is 0 Å². The van der Waals surface area contributed by atoms with E-state index in [0.717, 1.165) is 11.4 Å². The molecule has 1 amide bonds. The maximum atomic E-state index is 11.4. The lowest BCUT2D eigenvalue weighted by Gasteiger charge is -2.19. The van der Waals surface area contributed by atoms with Gasteiger partial charge < -0.3 is 10.1 Å². The molecule has 0 aliphatic rings. The van der Waals surface area contributed by atoms with Crippen LogP contribution in [0.5, 0.6) is 0 Å². The van der Waals surface area contributed by atoms with Crippen LogP contribution < -0.4 is 5.32 Å². The summed E-state index contributed by atoms with van der Waals surface area (Å²) in [5.41, 5.74) is 1.68. The van der Waals surface area contributed by atoms with E-state index in [9.17, 15) is 4.79 Å². The first kappa shape index (κ1) is 15.3. The fraction of sp³-hybridized carbons (Fsp3) is 0.667. The Labute approximate surface area is 121 Å². The van der Waals surface area contributed by atoms with E-state index in [4.69, 9.17) is 4.74 Å². The van der Waals surface area contributed by atoms with Crippen LogP contribution in [-0.4, -0.2) is 28.0 Å². The molecule has 0 aliphatic heterocycles. The van der Waals surface area contributed by atoms with Crippen LogP contribution in [0.4, 0.5) is 4.79 Å². The summed E-state index contributed by atoms with van der Waals surface area (Å²) in [7, 11) is 0. The first-order valence-electron chi connectivity index (χ1n) is 5.87. The smallest absolute Gasteiger partial charge is 0.407 e. The van der Waals surface area contributed by atoms with Gasteiger partial charge in [-0.25, -0.2) is 4.79 Å². The third kappa shape index (κ3) is 4.47. The standard InChI is InChI=1S/C12H20IN3O2/c1-8-10(13)9(2)16(15-8)7-6-14-11(17)18-12(3,4)5/h6-7H2,1-5H3,(H,14,17). The second kappa shape index (κ2) is 5.90. The summed E-state index contributed by atoms with van der Waals surface area (Å²) in [4.78, 5) is 11.4. The van der Waals surface area contributed by atoms with Gasteiger partial charge in [0.1, 0.15) is 5.60 Å². The van der Waals surface area contributed by atoms with Crippen LogP contribution in [0.2, 0.25) is 0 Å². The van der Waals surface area contributed by atoms with Crippen LogP contribution in [-0.2, 0) is 11.3 Å². The van der Waals surface area contributed by atoms with Gasteiger partial charge in [-0.1, -0.05) is 0 Å². The highest BCUT2D eigenvalue weighted by Crippen LogP contribution is 2.14. The Kier molecular flexibility index (Phi) is 5.01. The average Bonchev–Trinajstić information content (AvgIpc) is 2.44. The van der Waals surface area contributed by atoms with Crippen molar-refractivity contribution in [2.45, 2.75) is 46.8 Å². The van der Waals surface area contributed by atoms with Gasteiger partial charge in [0, 0.05) is 12.2 Å². The molecule has 0 saturated carbocycles. The zero-order valence-electron chi connectivity index (χ0n) is 11.5. The van der Waals surface area contributed by atoms with Crippen LogP contribution in [0.15, 0.2) is 0 Å². The third-order valence-electron chi connectivity index (χ3n) is 2.29. The molecule has 0 aromatic carbocycles. The first-order chi connectivity index (χ1) is 8.20. The highest BCUT2D eigenvalue weighted by atomic mass is 127. The molecule has 1 aromatic rings. The van der Waals surface area contributed by atoms with Crippen molar-refractivity contribution in [1.29, 1.82) is 0 Å². The Balaban J connectivity index is 2.42. The molecule has 0 unspecified atom stereocenters. The summed E-state index contributed by atoms with van der Waals surface area (Å²) in [5.74, 6) is 0. The molecule has 1 rings (SSSR count). The molecule has 102 valence electrons. The minimum absolute atomic E-state index is 0.390. The van der Waals surface area contributed by atoms with E-state index < -0.39 is 11.7 Å². The molecule has 0 fully saturated rings. The lowest BCUT2D eigenvalue weighted by molar-refractivity contribution is 0.0525. The van der Waals surface area contributed by atoms with Crippen molar-refractivity contribution in [3.63, 3.8) is 0 Å². The number of carbonyl (C=O) groups excluding carboxylic acids is 1. The number of aryl methyl sites for hydroxylation is 1. The summed E-state index contributed by atoms with van der Waals surface area (Å²) in [6.45, 7) is 10.7. The first-order valence-corrected chi connectivity index (χ1v) is 6.95. The Hall–Kier alpha value is -0.790. The molecule has 5 nitrogen and oxygen atoms in total. The van der Waals surface area contributed by atoms with Crippen molar-refractivity contribution in [2.24, 2.45) is 0 Å². The van der Waals surface area contributed by atoms with Gasteiger partial charge in [-0.05, 0) is 57.2 Å². The number of nitrogens with zero attached hydrogens (tertiary/aromatic N) is 2. The quantitative estimate of drug-likeness (QED) is 0.838. The zero-order valence-corrected chi connectivity index (χ0v) is 13.7. The van der Waals surface area contributed by atoms with Crippen LogP contribution >= 0.6 is 22.6 Å². The molecule has 0 spiro atoms. The van der Waals surface area contributed by atoms with Crippen molar-refractivity contribution in [1.82, 2.24) is 15.1 Å². The molecular formula is C12H20IN3O2. The fourth-order valence-electron chi connectivity index (χ4n) is 1.47. The minimum atomic E-state index is -0.461. The van der Waals surface area contributed by atoms with Crippen LogP contribution in [0.25, 0.3) is 0 Å². The summed E-state index contributed by atoms with van der Waals surface area (Å²) in [6, 6.07) is 0. The number of hydrogen-bond acceptors (Lipinski definition) is 3. The number of aromatic nitrogens is 2. The highest BCUT2D eigenvalue weighted by Gasteiger charge is 2.15.